The van der Waals surface area contributed by atoms with Crippen LogP contribution in [0.2, 0.25) is 10.0 Å². The Hall–Kier alpha value is -2.28. The zero-order valence-corrected chi connectivity index (χ0v) is 13.1. The molecule has 0 fully saturated rings. The number of aliphatic hydroxyl groups is 1. The first-order valence-corrected chi connectivity index (χ1v) is 7.35. The number of aliphatic hydroxyl groups excluding tert-OH is 1. The van der Waals surface area contributed by atoms with Gasteiger partial charge in [-0.2, -0.15) is 4.98 Å². The van der Waals surface area contributed by atoms with Crippen LogP contribution in [0.15, 0.2) is 40.8 Å². The number of halogens is 2. The van der Waals surface area contributed by atoms with Crippen molar-refractivity contribution in [3.63, 3.8) is 0 Å². The molecule has 0 atom stereocenters. The van der Waals surface area contributed by atoms with Gasteiger partial charge in [-0.15, -0.1) is 0 Å². The van der Waals surface area contributed by atoms with Gasteiger partial charge in [0.05, 0.1) is 16.4 Å². The standard InChI is InChI=1S/C15H11Cl2N3O3/c16-8-5-9(17)14-12(6-8)20-15(23-14)19-11-4-2-1-3-10(11)18-13(22)7-21/h1-6,21H,7H2,(H,18,22)(H,19,20). The second kappa shape index (κ2) is 6.45. The number of hydrogen-bond acceptors (Lipinski definition) is 5. The lowest BCUT2D eigenvalue weighted by molar-refractivity contribution is -0.118. The van der Waals surface area contributed by atoms with E-state index in [1.807, 2.05) is 0 Å². The Morgan fingerprint density at radius 3 is 2.70 bits per heavy atom. The highest BCUT2D eigenvalue weighted by Gasteiger charge is 2.12. The van der Waals surface area contributed by atoms with Crippen LogP contribution in [0.3, 0.4) is 0 Å². The Morgan fingerprint density at radius 2 is 1.96 bits per heavy atom. The number of aromatic nitrogens is 1. The van der Waals surface area contributed by atoms with Crippen molar-refractivity contribution in [1.29, 1.82) is 0 Å². The van der Waals surface area contributed by atoms with E-state index in [4.69, 9.17) is 32.7 Å². The molecule has 0 spiro atoms. The maximum Gasteiger partial charge on any atom is 0.300 e. The van der Waals surface area contributed by atoms with Crippen molar-refractivity contribution in [2.75, 3.05) is 17.2 Å². The number of carbonyl (C=O) groups is 1. The van der Waals surface area contributed by atoms with E-state index in [9.17, 15) is 4.79 Å². The smallest absolute Gasteiger partial charge is 0.300 e. The maximum absolute atomic E-state index is 11.3. The number of nitrogens with one attached hydrogen (secondary N) is 2. The highest BCUT2D eigenvalue weighted by Crippen LogP contribution is 2.32. The monoisotopic (exact) mass is 351 g/mol. The summed E-state index contributed by atoms with van der Waals surface area (Å²) in [5.74, 6) is -0.522. The lowest BCUT2D eigenvalue weighted by Gasteiger charge is -2.09. The summed E-state index contributed by atoms with van der Waals surface area (Å²) in [7, 11) is 0. The third-order valence-electron chi connectivity index (χ3n) is 3.00. The van der Waals surface area contributed by atoms with Crippen molar-refractivity contribution < 1.29 is 14.3 Å². The summed E-state index contributed by atoms with van der Waals surface area (Å²) in [4.78, 5) is 15.6. The molecule has 23 heavy (non-hydrogen) atoms. The molecule has 2 aromatic carbocycles. The number of benzene rings is 2. The highest BCUT2D eigenvalue weighted by atomic mass is 35.5. The van der Waals surface area contributed by atoms with Crippen molar-refractivity contribution >= 4 is 57.6 Å². The summed E-state index contributed by atoms with van der Waals surface area (Å²) >= 11 is 12.0. The van der Waals surface area contributed by atoms with Crippen LogP contribution in [0.4, 0.5) is 17.4 Å². The third kappa shape index (κ3) is 3.39. The van der Waals surface area contributed by atoms with Crippen LogP contribution < -0.4 is 10.6 Å². The van der Waals surface area contributed by atoms with E-state index in [-0.39, 0.29) is 6.01 Å². The molecule has 0 aliphatic rings. The quantitative estimate of drug-likeness (QED) is 0.665. The van der Waals surface area contributed by atoms with Gasteiger partial charge in [0.15, 0.2) is 5.58 Å². The largest absolute Gasteiger partial charge is 0.422 e. The Kier molecular flexibility index (Phi) is 4.38. The average molecular weight is 352 g/mol. The highest BCUT2D eigenvalue weighted by molar-refractivity contribution is 6.38. The van der Waals surface area contributed by atoms with Crippen LogP contribution in [-0.2, 0) is 4.79 Å². The van der Waals surface area contributed by atoms with Crippen molar-refractivity contribution in [2.45, 2.75) is 0 Å². The van der Waals surface area contributed by atoms with Gasteiger partial charge in [-0.1, -0.05) is 35.3 Å². The van der Waals surface area contributed by atoms with Crippen molar-refractivity contribution in [3.8, 4) is 0 Å². The molecule has 0 aliphatic heterocycles. The molecule has 6 nitrogen and oxygen atoms in total. The predicted molar refractivity (Wildman–Crippen MR) is 89.5 cm³/mol. The molecule has 0 radical (unpaired) electrons. The number of fused-ring (bicyclic) bond motifs is 1. The Morgan fingerprint density at radius 1 is 1.22 bits per heavy atom. The van der Waals surface area contributed by atoms with E-state index in [1.54, 1.807) is 36.4 Å². The SMILES string of the molecule is O=C(CO)Nc1ccccc1Nc1nc2cc(Cl)cc(Cl)c2o1. The van der Waals surface area contributed by atoms with E-state index in [0.29, 0.717) is 32.5 Å². The molecule has 3 aromatic rings. The lowest BCUT2D eigenvalue weighted by atomic mass is 10.2. The third-order valence-corrected chi connectivity index (χ3v) is 3.49. The van der Waals surface area contributed by atoms with E-state index < -0.39 is 12.5 Å². The summed E-state index contributed by atoms with van der Waals surface area (Å²) in [6.07, 6.45) is 0. The van der Waals surface area contributed by atoms with Crippen LogP contribution in [0.25, 0.3) is 11.1 Å². The second-order valence-corrected chi connectivity index (χ2v) is 5.48. The fourth-order valence-electron chi connectivity index (χ4n) is 2.02. The lowest BCUT2D eigenvalue weighted by Crippen LogP contribution is -2.16. The van der Waals surface area contributed by atoms with Crippen LogP contribution in [0.5, 0.6) is 0 Å². The molecule has 1 aromatic heterocycles. The minimum absolute atomic E-state index is 0.204. The zero-order valence-electron chi connectivity index (χ0n) is 11.6. The summed E-state index contributed by atoms with van der Waals surface area (Å²) < 4.78 is 5.57. The van der Waals surface area contributed by atoms with Crippen LogP contribution in [0, 0.1) is 0 Å². The first-order chi connectivity index (χ1) is 11.1. The number of hydrogen-bond donors (Lipinski definition) is 3. The van der Waals surface area contributed by atoms with Gasteiger partial charge >= 0.3 is 0 Å². The van der Waals surface area contributed by atoms with Crippen molar-refractivity contribution in [2.24, 2.45) is 0 Å². The molecule has 3 rings (SSSR count). The Labute approximate surface area is 141 Å². The summed E-state index contributed by atoms with van der Waals surface area (Å²) in [6, 6.07) is 10.4. The van der Waals surface area contributed by atoms with E-state index >= 15 is 0 Å². The molecule has 1 heterocycles. The molecule has 0 aliphatic carbocycles. The number of carbonyl (C=O) groups excluding carboxylic acids is 1. The van der Waals surface area contributed by atoms with Crippen molar-refractivity contribution in [1.82, 2.24) is 4.98 Å². The molecular formula is C15H11Cl2N3O3. The van der Waals surface area contributed by atoms with E-state index in [2.05, 4.69) is 15.6 Å². The fourth-order valence-corrected chi connectivity index (χ4v) is 2.54. The topological polar surface area (TPSA) is 87.4 Å². The second-order valence-electron chi connectivity index (χ2n) is 4.63. The number of para-hydroxylation sites is 2. The Balaban J connectivity index is 1.93. The molecular weight excluding hydrogens is 341 g/mol. The molecule has 8 heteroatoms. The minimum atomic E-state index is -0.606. The minimum Gasteiger partial charge on any atom is -0.422 e. The first-order valence-electron chi connectivity index (χ1n) is 6.59. The zero-order chi connectivity index (χ0) is 16.4. The first kappa shape index (κ1) is 15.6. The van der Waals surface area contributed by atoms with Gasteiger partial charge in [-0.3, -0.25) is 4.79 Å². The maximum atomic E-state index is 11.3. The molecule has 0 saturated heterocycles. The molecule has 0 unspecified atom stereocenters. The van der Waals surface area contributed by atoms with Crippen molar-refractivity contribution in [3.05, 3.63) is 46.4 Å². The fraction of sp³-hybridized carbons (Fsp3) is 0.0667. The van der Waals surface area contributed by atoms with Gasteiger partial charge in [-0.05, 0) is 24.3 Å². The van der Waals surface area contributed by atoms with Crippen LogP contribution >= 0.6 is 23.2 Å². The average Bonchev–Trinajstić information content (AvgIpc) is 2.92. The molecule has 0 saturated carbocycles. The summed E-state index contributed by atoms with van der Waals surface area (Å²) in [5.41, 5.74) is 1.97. The van der Waals surface area contributed by atoms with Crippen LogP contribution in [0.1, 0.15) is 0 Å². The van der Waals surface area contributed by atoms with Gasteiger partial charge < -0.3 is 20.2 Å². The Bertz CT molecular complexity index is 880. The number of rotatable bonds is 4. The normalized spacial score (nSPS) is 10.7. The van der Waals surface area contributed by atoms with Crippen LogP contribution in [-0.4, -0.2) is 22.6 Å². The van der Waals surface area contributed by atoms with Gasteiger partial charge in [-0.25, -0.2) is 0 Å². The number of nitrogens with zero attached hydrogens (tertiary/aromatic N) is 1. The van der Waals surface area contributed by atoms with E-state index in [1.165, 1.54) is 0 Å². The van der Waals surface area contributed by atoms with Gasteiger partial charge in [0.1, 0.15) is 12.1 Å². The van der Waals surface area contributed by atoms with E-state index in [0.717, 1.165) is 0 Å². The number of oxazole rings is 1. The predicted octanol–water partition coefficient (Wildman–Crippen LogP) is 3.81. The van der Waals surface area contributed by atoms with Gasteiger partial charge in [0.25, 0.3) is 6.01 Å². The van der Waals surface area contributed by atoms with Gasteiger partial charge in [0.2, 0.25) is 5.91 Å². The molecule has 0 bridgehead atoms. The molecule has 3 N–H and O–H groups in total. The number of anilines is 3. The summed E-state index contributed by atoms with van der Waals surface area (Å²) in [5, 5.41) is 15.2. The van der Waals surface area contributed by atoms with Gasteiger partial charge in [0, 0.05) is 5.02 Å². The molecule has 118 valence electrons. The molecule has 1 amide bonds. The summed E-state index contributed by atoms with van der Waals surface area (Å²) in [6.45, 7) is -0.606. The number of amides is 1.